The summed E-state index contributed by atoms with van der Waals surface area (Å²) in [6, 6.07) is 15.5. The fraction of sp³-hybridized carbons (Fsp3) is 0.440. The summed E-state index contributed by atoms with van der Waals surface area (Å²) < 4.78 is 5.62. The zero-order valence-corrected chi connectivity index (χ0v) is 19.1. The highest BCUT2D eigenvalue weighted by atomic mass is 16.5. The Morgan fingerprint density at radius 2 is 1.70 bits per heavy atom. The smallest absolute Gasteiger partial charge is 0.449 e. The number of ether oxygens (including phenoxy) is 1. The van der Waals surface area contributed by atoms with Crippen LogP contribution in [0.4, 0.5) is 4.79 Å². The van der Waals surface area contributed by atoms with Crippen LogP contribution in [-0.2, 0) is 9.53 Å². The predicted octanol–water partition coefficient (Wildman–Crippen LogP) is 2.94. The minimum absolute atomic E-state index is 0.0603. The van der Waals surface area contributed by atoms with Gasteiger partial charge in [-0.2, -0.15) is 0 Å². The van der Waals surface area contributed by atoms with E-state index in [9.17, 15) is 19.6 Å². The first-order valence-electron chi connectivity index (χ1n) is 11.6. The second-order valence-corrected chi connectivity index (χ2v) is 9.31. The van der Waals surface area contributed by atoms with Gasteiger partial charge in [-0.3, -0.25) is 4.79 Å². The molecule has 3 N–H and O–H groups in total. The molecule has 2 aromatic carbocycles. The predicted molar refractivity (Wildman–Crippen MR) is 126 cm³/mol. The summed E-state index contributed by atoms with van der Waals surface area (Å²) in [6.07, 6.45) is 1.03. The van der Waals surface area contributed by atoms with E-state index in [0.717, 1.165) is 22.3 Å². The first-order valence-corrected chi connectivity index (χ1v) is 11.6. The maximum Gasteiger partial charge on any atom is 0.475 e. The molecule has 7 nitrogen and oxygen atoms in total. The van der Waals surface area contributed by atoms with Crippen molar-refractivity contribution in [2.24, 2.45) is 5.92 Å². The Morgan fingerprint density at radius 3 is 2.27 bits per heavy atom. The van der Waals surface area contributed by atoms with Gasteiger partial charge < -0.3 is 25.0 Å². The Balaban J connectivity index is 1.44. The number of hydrogen-bond donors (Lipinski definition) is 3. The molecule has 0 saturated carbocycles. The average molecular weight is 450 g/mol. The lowest BCUT2D eigenvalue weighted by Crippen LogP contribution is -2.54. The highest BCUT2D eigenvalue weighted by Crippen LogP contribution is 2.44. The molecule has 0 radical (unpaired) electrons. The van der Waals surface area contributed by atoms with E-state index in [0.29, 0.717) is 25.8 Å². The molecule has 0 aromatic heterocycles. The standard InChI is InChI=1S/C25H31BN2O5/c1-16(2)14-22(24(29)28-13-7-12-23(28)26(31)32)27-25(30)33-15-21-19-10-5-3-8-17(19)18-9-4-6-11-20(18)21/h3-6,8-11,16,21-23,31-32H,7,12-15H2,1-2H3,(H,27,30)/t22-,23-/m0/s1. The van der Waals surface area contributed by atoms with Crippen LogP contribution in [0.25, 0.3) is 11.1 Å². The van der Waals surface area contributed by atoms with Crippen LogP contribution in [0.5, 0.6) is 0 Å². The monoisotopic (exact) mass is 450 g/mol. The Labute approximate surface area is 194 Å². The quantitative estimate of drug-likeness (QED) is 0.564. The third kappa shape index (κ3) is 4.92. The van der Waals surface area contributed by atoms with Crippen LogP contribution in [0.15, 0.2) is 48.5 Å². The molecule has 0 spiro atoms. The summed E-state index contributed by atoms with van der Waals surface area (Å²) in [4.78, 5) is 27.4. The maximum absolute atomic E-state index is 13.2. The number of amides is 2. The molecule has 0 unspecified atom stereocenters. The topological polar surface area (TPSA) is 99.1 Å². The Bertz CT molecular complexity index is 966. The third-order valence-electron chi connectivity index (χ3n) is 6.57. The fourth-order valence-electron chi connectivity index (χ4n) is 5.05. The highest BCUT2D eigenvalue weighted by Gasteiger charge is 2.40. The summed E-state index contributed by atoms with van der Waals surface area (Å²) in [7, 11) is -1.59. The van der Waals surface area contributed by atoms with E-state index in [2.05, 4.69) is 29.6 Å². The minimum atomic E-state index is -1.59. The molecule has 2 aliphatic rings. The van der Waals surface area contributed by atoms with Gasteiger partial charge in [0.2, 0.25) is 5.91 Å². The molecule has 1 heterocycles. The number of fused-ring (bicyclic) bond motifs is 3. The van der Waals surface area contributed by atoms with Crippen molar-refractivity contribution in [3.05, 3.63) is 59.7 Å². The van der Waals surface area contributed by atoms with Crippen molar-refractivity contribution in [1.29, 1.82) is 0 Å². The second kappa shape index (κ2) is 9.97. The van der Waals surface area contributed by atoms with Crippen LogP contribution in [0.1, 0.15) is 50.2 Å². The number of carbonyl (C=O) groups excluding carboxylic acids is 2. The van der Waals surface area contributed by atoms with E-state index in [-0.39, 0.29) is 24.3 Å². The third-order valence-corrected chi connectivity index (χ3v) is 6.57. The number of hydrogen-bond acceptors (Lipinski definition) is 5. The number of nitrogens with zero attached hydrogens (tertiary/aromatic N) is 1. The zero-order valence-electron chi connectivity index (χ0n) is 19.1. The molecule has 2 atom stereocenters. The fourth-order valence-corrected chi connectivity index (χ4v) is 5.05. The van der Waals surface area contributed by atoms with Gasteiger partial charge in [0, 0.05) is 12.5 Å². The lowest BCUT2D eigenvalue weighted by Gasteiger charge is -2.29. The normalized spacial score (nSPS) is 18.1. The molecule has 2 aromatic rings. The first kappa shape index (κ1) is 23.3. The van der Waals surface area contributed by atoms with Crippen molar-refractivity contribution in [2.45, 2.75) is 51.0 Å². The number of rotatable bonds is 7. The first-order chi connectivity index (χ1) is 15.9. The molecule has 2 amide bonds. The molecule has 4 rings (SSSR count). The maximum atomic E-state index is 13.2. The highest BCUT2D eigenvalue weighted by molar-refractivity contribution is 6.43. The molecule has 8 heteroatoms. The van der Waals surface area contributed by atoms with Crippen molar-refractivity contribution < 1.29 is 24.4 Å². The molecule has 1 aliphatic heterocycles. The largest absolute Gasteiger partial charge is 0.475 e. The SMILES string of the molecule is CC(C)C[C@H](NC(=O)OCC1c2ccccc2-c2ccccc21)C(=O)N1CCC[C@H]1B(O)O. The molecule has 1 fully saturated rings. The van der Waals surface area contributed by atoms with Crippen LogP contribution in [0, 0.1) is 5.92 Å². The summed E-state index contributed by atoms with van der Waals surface area (Å²) in [6.45, 7) is 4.57. The van der Waals surface area contributed by atoms with Crippen molar-refractivity contribution >= 4 is 19.1 Å². The van der Waals surface area contributed by atoms with Gasteiger partial charge in [-0.05, 0) is 47.4 Å². The van der Waals surface area contributed by atoms with Crippen LogP contribution in [0.3, 0.4) is 0 Å². The van der Waals surface area contributed by atoms with Gasteiger partial charge >= 0.3 is 13.2 Å². The van der Waals surface area contributed by atoms with Gasteiger partial charge in [0.05, 0.1) is 5.94 Å². The van der Waals surface area contributed by atoms with Gasteiger partial charge in [0.25, 0.3) is 0 Å². The number of nitrogens with one attached hydrogen (secondary N) is 1. The summed E-state index contributed by atoms with van der Waals surface area (Å²) in [5.41, 5.74) is 4.55. The Morgan fingerprint density at radius 1 is 1.09 bits per heavy atom. The average Bonchev–Trinajstić information content (AvgIpc) is 3.40. The molecule has 0 bridgehead atoms. The zero-order chi connectivity index (χ0) is 23.5. The number of likely N-dealkylation sites (tertiary alicyclic amines) is 1. The molecule has 174 valence electrons. The molecule has 1 aliphatic carbocycles. The van der Waals surface area contributed by atoms with E-state index >= 15 is 0 Å². The number of benzene rings is 2. The van der Waals surface area contributed by atoms with Crippen LogP contribution >= 0.6 is 0 Å². The molecular weight excluding hydrogens is 419 g/mol. The van der Waals surface area contributed by atoms with Crippen molar-refractivity contribution in [2.75, 3.05) is 13.2 Å². The van der Waals surface area contributed by atoms with Crippen LogP contribution < -0.4 is 5.32 Å². The van der Waals surface area contributed by atoms with Crippen molar-refractivity contribution in [1.82, 2.24) is 10.2 Å². The summed E-state index contributed by atoms with van der Waals surface area (Å²) >= 11 is 0. The van der Waals surface area contributed by atoms with Gasteiger partial charge in [-0.1, -0.05) is 62.4 Å². The minimum Gasteiger partial charge on any atom is -0.449 e. The lowest BCUT2D eigenvalue weighted by molar-refractivity contribution is -0.133. The molecule has 1 saturated heterocycles. The van der Waals surface area contributed by atoms with Gasteiger partial charge in [-0.25, -0.2) is 4.79 Å². The summed E-state index contributed by atoms with van der Waals surface area (Å²) in [5.74, 6) is -0.841. The van der Waals surface area contributed by atoms with E-state index in [1.54, 1.807) is 0 Å². The van der Waals surface area contributed by atoms with Crippen LogP contribution in [0.2, 0.25) is 0 Å². The lowest BCUT2D eigenvalue weighted by atomic mass is 9.77. The Kier molecular flexibility index (Phi) is 7.05. The Hall–Kier alpha value is -2.84. The van der Waals surface area contributed by atoms with E-state index in [1.807, 2.05) is 38.1 Å². The molecule has 33 heavy (non-hydrogen) atoms. The number of carbonyl (C=O) groups is 2. The number of alkyl carbamates (subject to hydrolysis) is 1. The molecular formula is C25H31BN2O5. The van der Waals surface area contributed by atoms with Gasteiger partial charge in [0.15, 0.2) is 0 Å². The van der Waals surface area contributed by atoms with E-state index in [1.165, 1.54) is 4.90 Å². The van der Waals surface area contributed by atoms with Crippen LogP contribution in [-0.4, -0.2) is 59.2 Å². The van der Waals surface area contributed by atoms with E-state index in [4.69, 9.17) is 4.74 Å². The van der Waals surface area contributed by atoms with Gasteiger partial charge in [-0.15, -0.1) is 0 Å². The van der Waals surface area contributed by atoms with Crippen molar-refractivity contribution in [3.63, 3.8) is 0 Å². The second-order valence-electron chi connectivity index (χ2n) is 9.31. The van der Waals surface area contributed by atoms with Gasteiger partial charge in [0.1, 0.15) is 12.6 Å². The summed E-state index contributed by atoms with van der Waals surface area (Å²) in [5, 5.41) is 22.0. The van der Waals surface area contributed by atoms with Crippen molar-refractivity contribution in [3.8, 4) is 11.1 Å². The van der Waals surface area contributed by atoms with E-state index < -0.39 is 25.2 Å².